The molecule has 0 atom stereocenters. The number of fused-ring (bicyclic) bond motifs is 6. The van der Waals surface area contributed by atoms with E-state index in [2.05, 4.69) is 99.5 Å². The minimum absolute atomic E-state index is 0. The van der Waals surface area contributed by atoms with E-state index in [0.717, 1.165) is 39.0 Å². The molecule has 164 valence electrons. The highest BCUT2D eigenvalue weighted by molar-refractivity contribution is 5.84. The quantitative estimate of drug-likeness (QED) is 0.376. The first kappa shape index (κ1) is 21.3. The Hall–Kier alpha value is -2.54. The minimum Gasteiger partial charge on any atom is -1.00 e. The molecular formula is C27H29IN4. The second kappa shape index (κ2) is 8.43. The van der Waals surface area contributed by atoms with E-state index >= 15 is 0 Å². The normalized spacial score (nSPS) is 18.1. The lowest BCUT2D eigenvalue weighted by Gasteiger charge is -2.20. The van der Waals surface area contributed by atoms with Crippen LogP contribution in [0.1, 0.15) is 32.5 Å². The molecule has 1 aromatic heterocycles. The highest BCUT2D eigenvalue weighted by atomic mass is 127. The third kappa shape index (κ3) is 3.04. The van der Waals surface area contributed by atoms with Gasteiger partial charge in [-0.1, -0.05) is 42.5 Å². The summed E-state index contributed by atoms with van der Waals surface area (Å²) in [5, 5.41) is 0. The van der Waals surface area contributed by atoms with E-state index in [0.29, 0.717) is 0 Å². The Morgan fingerprint density at radius 2 is 1.72 bits per heavy atom. The number of allylic oxidation sites excluding steroid dienone is 4. The molecule has 0 fully saturated rings. The number of aryl methyl sites for hydroxylation is 2. The van der Waals surface area contributed by atoms with Gasteiger partial charge in [0.15, 0.2) is 11.0 Å². The Balaban J connectivity index is 0.00000216. The van der Waals surface area contributed by atoms with Crippen molar-refractivity contribution in [2.45, 2.75) is 39.8 Å². The first-order chi connectivity index (χ1) is 15.3. The summed E-state index contributed by atoms with van der Waals surface area (Å²) < 4.78 is 4.96. The van der Waals surface area contributed by atoms with Gasteiger partial charge >= 0.3 is 0 Å². The Kier molecular flexibility index (Phi) is 5.61. The fourth-order valence-corrected chi connectivity index (χ4v) is 5.66. The van der Waals surface area contributed by atoms with Gasteiger partial charge in [-0.25, -0.2) is 9.13 Å². The first-order valence-corrected chi connectivity index (χ1v) is 11.6. The predicted molar refractivity (Wildman–Crippen MR) is 128 cm³/mol. The largest absolute Gasteiger partial charge is 1.00 e. The van der Waals surface area contributed by atoms with Gasteiger partial charge in [-0.2, -0.15) is 0 Å². The molecule has 3 aliphatic heterocycles. The number of hydrogen-bond acceptors (Lipinski definition) is 2. The van der Waals surface area contributed by atoms with Crippen LogP contribution in [-0.2, 0) is 13.1 Å². The molecule has 0 unspecified atom stereocenters. The summed E-state index contributed by atoms with van der Waals surface area (Å²) in [4.78, 5) is 4.96. The van der Waals surface area contributed by atoms with Crippen LogP contribution in [0.25, 0.3) is 16.6 Å². The summed E-state index contributed by atoms with van der Waals surface area (Å²) in [5.41, 5.74) is 8.27. The van der Waals surface area contributed by atoms with Crippen molar-refractivity contribution in [2.24, 2.45) is 0 Å². The van der Waals surface area contributed by atoms with Crippen LogP contribution in [-0.4, -0.2) is 17.7 Å². The van der Waals surface area contributed by atoms with E-state index in [4.69, 9.17) is 0 Å². The van der Waals surface area contributed by atoms with E-state index in [1.807, 2.05) is 0 Å². The van der Waals surface area contributed by atoms with Crippen LogP contribution in [0.2, 0.25) is 0 Å². The fourth-order valence-electron chi connectivity index (χ4n) is 5.66. The standard InChI is InChI=1S/C27H29N4.HI/c1-3-28-22-12-5-7-14-24(22)30-18-16-20(26(28)30)10-9-11-21-17-19-31-25-15-8-6-13-23(25)29(4-2)27(21)31;/h5-15H,3-4,16-19H2,1-2H3;1H/q+1;/p-1. The van der Waals surface area contributed by atoms with E-state index in [1.165, 1.54) is 45.2 Å². The molecular weight excluding hydrogens is 507 g/mol. The maximum Gasteiger partial charge on any atom is 0.285 e. The summed E-state index contributed by atoms with van der Waals surface area (Å²) in [6.07, 6.45) is 9.19. The molecule has 0 saturated carbocycles. The average molecular weight is 536 g/mol. The van der Waals surface area contributed by atoms with Crippen molar-refractivity contribution >= 4 is 28.0 Å². The van der Waals surface area contributed by atoms with E-state index in [1.54, 1.807) is 0 Å². The molecule has 0 spiro atoms. The van der Waals surface area contributed by atoms with Gasteiger partial charge in [0.25, 0.3) is 5.82 Å². The first-order valence-electron chi connectivity index (χ1n) is 11.6. The second-order valence-corrected chi connectivity index (χ2v) is 8.49. The molecule has 6 rings (SSSR count). The number of aromatic nitrogens is 2. The van der Waals surface area contributed by atoms with E-state index in [-0.39, 0.29) is 24.0 Å². The van der Waals surface area contributed by atoms with Gasteiger partial charge in [0, 0.05) is 25.1 Å². The third-order valence-electron chi connectivity index (χ3n) is 6.96. The Bertz CT molecular complexity index is 1270. The SMILES string of the molecule is CCN1C2=C(C=CC=C3CC[n+]4c3n(CC)c3ccccc34)CCN2c2ccccc21.[I-]. The summed E-state index contributed by atoms with van der Waals surface area (Å²) in [7, 11) is 0. The van der Waals surface area contributed by atoms with Crippen LogP contribution in [0.5, 0.6) is 0 Å². The van der Waals surface area contributed by atoms with E-state index < -0.39 is 0 Å². The van der Waals surface area contributed by atoms with Crippen molar-refractivity contribution < 1.29 is 28.5 Å². The number of hydrogen-bond donors (Lipinski definition) is 0. The lowest BCUT2D eigenvalue weighted by molar-refractivity contribution is -0.664. The van der Waals surface area contributed by atoms with Crippen LogP contribution >= 0.6 is 0 Å². The number of nitrogens with zero attached hydrogens (tertiary/aromatic N) is 4. The van der Waals surface area contributed by atoms with Crippen LogP contribution in [0.3, 0.4) is 0 Å². The second-order valence-electron chi connectivity index (χ2n) is 8.49. The van der Waals surface area contributed by atoms with Gasteiger partial charge in [-0.05, 0) is 50.1 Å². The maximum absolute atomic E-state index is 2.49. The van der Waals surface area contributed by atoms with Gasteiger partial charge in [0.2, 0.25) is 0 Å². The summed E-state index contributed by atoms with van der Waals surface area (Å²) in [6.45, 7) is 8.63. The molecule has 0 bridgehead atoms. The smallest absolute Gasteiger partial charge is 0.285 e. The highest BCUT2D eigenvalue weighted by Crippen LogP contribution is 2.46. The average Bonchev–Trinajstić information content (AvgIpc) is 3.54. The molecule has 2 aromatic carbocycles. The minimum atomic E-state index is 0. The van der Waals surface area contributed by atoms with Gasteiger partial charge in [0.1, 0.15) is 5.82 Å². The van der Waals surface area contributed by atoms with Crippen LogP contribution in [0.15, 0.2) is 78.2 Å². The molecule has 32 heavy (non-hydrogen) atoms. The monoisotopic (exact) mass is 536 g/mol. The zero-order valence-electron chi connectivity index (χ0n) is 18.8. The molecule has 3 aliphatic rings. The van der Waals surface area contributed by atoms with Crippen LogP contribution in [0.4, 0.5) is 11.4 Å². The Labute approximate surface area is 207 Å². The summed E-state index contributed by atoms with van der Waals surface area (Å²) in [6, 6.07) is 17.6. The molecule has 0 radical (unpaired) electrons. The molecule has 4 nitrogen and oxygen atoms in total. The van der Waals surface area contributed by atoms with Crippen molar-refractivity contribution in [3.05, 3.63) is 84.0 Å². The number of anilines is 2. The third-order valence-corrected chi connectivity index (χ3v) is 6.96. The fraction of sp³-hybridized carbons (Fsp3) is 0.296. The van der Waals surface area contributed by atoms with Crippen LogP contribution in [0, 0.1) is 0 Å². The van der Waals surface area contributed by atoms with Gasteiger partial charge in [0.05, 0.1) is 24.5 Å². The molecule has 3 aromatic rings. The lowest BCUT2D eigenvalue weighted by Crippen LogP contribution is -3.00. The molecule has 4 heterocycles. The predicted octanol–water partition coefficient (Wildman–Crippen LogP) is 2.26. The molecule has 0 saturated heterocycles. The molecule has 5 heteroatoms. The van der Waals surface area contributed by atoms with Crippen molar-refractivity contribution in [1.82, 2.24) is 4.57 Å². The van der Waals surface area contributed by atoms with Gasteiger partial charge in [-0.3, -0.25) is 0 Å². The Morgan fingerprint density at radius 3 is 2.53 bits per heavy atom. The summed E-state index contributed by atoms with van der Waals surface area (Å²) in [5.74, 6) is 2.75. The van der Waals surface area contributed by atoms with Crippen molar-refractivity contribution in [3.8, 4) is 0 Å². The van der Waals surface area contributed by atoms with Crippen molar-refractivity contribution in [1.29, 1.82) is 0 Å². The summed E-state index contributed by atoms with van der Waals surface area (Å²) >= 11 is 0. The van der Waals surface area contributed by atoms with E-state index in [9.17, 15) is 0 Å². The zero-order chi connectivity index (χ0) is 20.9. The number of imidazole rings is 1. The van der Waals surface area contributed by atoms with Gasteiger partial charge in [-0.15, -0.1) is 0 Å². The number of benzene rings is 2. The lowest BCUT2D eigenvalue weighted by atomic mass is 10.1. The van der Waals surface area contributed by atoms with Crippen molar-refractivity contribution in [3.63, 3.8) is 0 Å². The molecule has 0 aliphatic carbocycles. The van der Waals surface area contributed by atoms with Gasteiger partial charge < -0.3 is 33.8 Å². The number of rotatable bonds is 4. The maximum atomic E-state index is 2.49. The molecule has 0 amide bonds. The zero-order valence-corrected chi connectivity index (χ0v) is 20.9. The topological polar surface area (TPSA) is 15.3 Å². The van der Waals surface area contributed by atoms with Crippen molar-refractivity contribution in [2.75, 3.05) is 22.9 Å². The highest BCUT2D eigenvalue weighted by Gasteiger charge is 2.35. The Morgan fingerprint density at radius 1 is 0.938 bits per heavy atom. The number of para-hydroxylation sites is 4. The number of halogens is 1. The van der Waals surface area contributed by atoms with Crippen LogP contribution < -0.4 is 38.3 Å². The molecule has 0 N–H and O–H groups in total.